The second-order valence-electron chi connectivity index (χ2n) is 4.78. The third kappa shape index (κ3) is 4.98. The molecule has 0 aliphatic carbocycles. The summed E-state index contributed by atoms with van der Waals surface area (Å²) in [5.74, 6) is -0.233. The van der Waals surface area contributed by atoms with E-state index < -0.39 is 11.8 Å². The summed E-state index contributed by atoms with van der Waals surface area (Å²) in [6.45, 7) is -0.263. The summed E-state index contributed by atoms with van der Waals surface area (Å²) in [6.07, 6.45) is 1.40. The van der Waals surface area contributed by atoms with Crippen LogP contribution in [-0.2, 0) is 4.79 Å². The van der Waals surface area contributed by atoms with Gasteiger partial charge in [-0.15, -0.1) is 0 Å². The molecule has 1 heterocycles. The molecule has 0 fully saturated rings. The van der Waals surface area contributed by atoms with Crippen LogP contribution >= 0.6 is 23.2 Å². The molecule has 2 N–H and O–H groups in total. The van der Waals surface area contributed by atoms with Crippen LogP contribution in [0.1, 0.15) is 10.5 Å². The van der Waals surface area contributed by atoms with Gasteiger partial charge in [-0.1, -0.05) is 23.2 Å². The molecular formula is C16H15Cl2N3O4. The fourth-order valence-corrected chi connectivity index (χ4v) is 2.32. The number of aromatic nitrogens is 1. The highest BCUT2D eigenvalue weighted by Gasteiger charge is 2.14. The average molecular weight is 384 g/mol. The van der Waals surface area contributed by atoms with Crippen molar-refractivity contribution in [3.63, 3.8) is 0 Å². The predicted octanol–water partition coefficient (Wildman–Crippen LogP) is 2.77. The van der Waals surface area contributed by atoms with Crippen molar-refractivity contribution in [1.82, 2.24) is 10.3 Å². The first-order valence-electron chi connectivity index (χ1n) is 7.05. The standard InChI is InChI=1S/C16H15Cl2N3O4/c1-24-13-7-11(14(25-2)6-10(13)18)21-15(22)8-20-16(23)12-5-9(17)3-4-19-12/h3-7H,8H2,1-2H3,(H,20,23)(H,21,22). The number of rotatable bonds is 6. The third-order valence-corrected chi connectivity index (χ3v) is 3.64. The molecule has 0 unspecified atom stereocenters. The molecule has 0 aliphatic rings. The Morgan fingerprint density at radius 2 is 1.84 bits per heavy atom. The summed E-state index contributed by atoms with van der Waals surface area (Å²) in [5, 5.41) is 5.79. The number of nitrogens with zero attached hydrogens (tertiary/aromatic N) is 1. The second-order valence-corrected chi connectivity index (χ2v) is 5.62. The molecule has 25 heavy (non-hydrogen) atoms. The Morgan fingerprint density at radius 3 is 2.48 bits per heavy atom. The topological polar surface area (TPSA) is 89.6 Å². The van der Waals surface area contributed by atoms with Crippen molar-refractivity contribution in [1.29, 1.82) is 0 Å². The van der Waals surface area contributed by atoms with E-state index in [0.29, 0.717) is 27.2 Å². The molecule has 1 aromatic carbocycles. The highest BCUT2D eigenvalue weighted by atomic mass is 35.5. The molecule has 9 heteroatoms. The molecule has 2 rings (SSSR count). The van der Waals surface area contributed by atoms with Crippen LogP contribution < -0.4 is 20.1 Å². The van der Waals surface area contributed by atoms with Gasteiger partial charge >= 0.3 is 0 Å². The summed E-state index contributed by atoms with van der Waals surface area (Å²) in [5.41, 5.74) is 0.481. The summed E-state index contributed by atoms with van der Waals surface area (Å²) >= 11 is 11.8. The first kappa shape index (κ1) is 18.8. The van der Waals surface area contributed by atoms with Crippen molar-refractivity contribution in [2.45, 2.75) is 0 Å². The number of halogens is 2. The summed E-state index contributed by atoms with van der Waals surface area (Å²) in [4.78, 5) is 27.9. The number of pyridine rings is 1. The van der Waals surface area contributed by atoms with E-state index in [1.54, 1.807) is 6.07 Å². The lowest BCUT2D eigenvalue weighted by atomic mass is 10.2. The van der Waals surface area contributed by atoms with Gasteiger partial charge in [-0.25, -0.2) is 0 Å². The molecule has 0 saturated carbocycles. The first-order valence-corrected chi connectivity index (χ1v) is 7.81. The van der Waals surface area contributed by atoms with Crippen LogP contribution in [0.3, 0.4) is 0 Å². The molecule has 0 spiro atoms. The van der Waals surface area contributed by atoms with Crippen LogP contribution in [0.2, 0.25) is 10.0 Å². The lowest BCUT2D eigenvalue weighted by Crippen LogP contribution is -2.33. The lowest BCUT2D eigenvalue weighted by Gasteiger charge is -2.13. The van der Waals surface area contributed by atoms with E-state index in [1.165, 1.54) is 38.6 Å². The van der Waals surface area contributed by atoms with E-state index in [1.807, 2.05) is 0 Å². The number of amides is 2. The number of methoxy groups -OCH3 is 2. The largest absolute Gasteiger partial charge is 0.495 e. The molecule has 2 amide bonds. The van der Waals surface area contributed by atoms with Crippen molar-refractivity contribution in [3.8, 4) is 11.5 Å². The Bertz CT molecular complexity index is 799. The Morgan fingerprint density at radius 1 is 1.12 bits per heavy atom. The minimum atomic E-state index is -0.515. The summed E-state index contributed by atoms with van der Waals surface area (Å²) in [7, 11) is 2.90. The molecule has 7 nitrogen and oxygen atoms in total. The van der Waals surface area contributed by atoms with Crippen molar-refractivity contribution >= 4 is 40.7 Å². The number of benzene rings is 1. The van der Waals surface area contributed by atoms with Gasteiger partial charge in [-0.3, -0.25) is 14.6 Å². The van der Waals surface area contributed by atoms with E-state index in [4.69, 9.17) is 32.7 Å². The van der Waals surface area contributed by atoms with E-state index >= 15 is 0 Å². The van der Waals surface area contributed by atoms with Gasteiger partial charge in [-0.05, 0) is 12.1 Å². The van der Waals surface area contributed by atoms with Gasteiger partial charge in [0.15, 0.2) is 0 Å². The van der Waals surface area contributed by atoms with Gasteiger partial charge in [0.2, 0.25) is 5.91 Å². The number of hydrogen-bond donors (Lipinski definition) is 2. The number of anilines is 1. The molecule has 0 aliphatic heterocycles. The van der Waals surface area contributed by atoms with Gasteiger partial charge in [0.05, 0.1) is 31.5 Å². The molecule has 0 saturated heterocycles. The number of carbonyl (C=O) groups is 2. The van der Waals surface area contributed by atoms with Gasteiger partial charge in [0, 0.05) is 23.4 Å². The lowest BCUT2D eigenvalue weighted by molar-refractivity contribution is -0.115. The van der Waals surface area contributed by atoms with Gasteiger partial charge in [-0.2, -0.15) is 0 Å². The molecule has 2 aromatic rings. The summed E-state index contributed by atoms with van der Waals surface area (Å²) in [6, 6.07) is 6.00. The monoisotopic (exact) mass is 383 g/mol. The molecule has 132 valence electrons. The Labute approximate surface area is 154 Å². The van der Waals surface area contributed by atoms with Gasteiger partial charge in [0.25, 0.3) is 5.91 Å². The van der Waals surface area contributed by atoms with Crippen LogP contribution in [0.5, 0.6) is 11.5 Å². The summed E-state index contributed by atoms with van der Waals surface area (Å²) < 4.78 is 10.3. The Kier molecular flexibility index (Phi) is 6.44. The molecule has 0 radical (unpaired) electrons. The first-order chi connectivity index (χ1) is 11.9. The number of hydrogen-bond acceptors (Lipinski definition) is 5. The Hall–Kier alpha value is -2.51. The maximum absolute atomic E-state index is 12.1. The van der Waals surface area contributed by atoms with E-state index in [-0.39, 0.29) is 12.2 Å². The zero-order valence-electron chi connectivity index (χ0n) is 13.4. The van der Waals surface area contributed by atoms with Crippen LogP contribution in [0.4, 0.5) is 5.69 Å². The van der Waals surface area contributed by atoms with Gasteiger partial charge in [0.1, 0.15) is 17.2 Å². The van der Waals surface area contributed by atoms with E-state index in [2.05, 4.69) is 15.6 Å². The molecule has 0 atom stereocenters. The zero-order chi connectivity index (χ0) is 18.4. The smallest absolute Gasteiger partial charge is 0.270 e. The highest BCUT2D eigenvalue weighted by Crippen LogP contribution is 2.35. The average Bonchev–Trinajstić information content (AvgIpc) is 2.60. The van der Waals surface area contributed by atoms with Gasteiger partial charge < -0.3 is 20.1 Å². The van der Waals surface area contributed by atoms with Crippen LogP contribution in [0, 0.1) is 0 Å². The molecule has 1 aromatic heterocycles. The van der Waals surface area contributed by atoms with Crippen LogP contribution in [-0.4, -0.2) is 37.6 Å². The maximum atomic E-state index is 12.1. The second kappa shape index (κ2) is 8.55. The highest BCUT2D eigenvalue weighted by molar-refractivity contribution is 6.32. The number of carbonyl (C=O) groups excluding carboxylic acids is 2. The minimum absolute atomic E-state index is 0.117. The molecular weight excluding hydrogens is 369 g/mol. The number of nitrogens with one attached hydrogen (secondary N) is 2. The fraction of sp³-hybridized carbons (Fsp3) is 0.188. The molecule has 0 bridgehead atoms. The van der Waals surface area contributed by atoms with Crippen molar-refractivity contribution in [2.24, 2.45) is 0 Å². The predicted molar refractivity (Wildman–Crippen MR) is 94.8 cm³/mol. The maximum Gasteiger partial charge on any atom is 0.270 e. The van der Waals surface area contributed by atoms with Crippen molar-refractivity contribution in [2.75, 3.05) is 26.1 Å². The third-order valence-electron chi connectivity index (χ3n) is 3.11. The van der Waals surface area contributed by atoms with Crippen LogP contribution in [0.25, 0.3) is 0 Å². The number of ether oxygens (including phenoxy) is 2. The normalized spacial score (nSPS) is 10.1. The van der Waals surface area contributed by atoms with E-state index in [0.717, 1.165) is 0 Å². The SMILES string of the molecule is COc1cc(NC(=O)CNC(=O)c2cc(Cl)ccn2)c(OC)cc1Cl. The van der Waals surface area contributed by atoms with Crippen molar-refractivity contribution in [3.05, 3.63) is 46.2 Å². The Balaban J connectivity index is 2.02. The fourth-order valence-electron chi connectivity index (χ4n) is 1.93. The zero-order valence-corrected chi connectivity index (χ0v) is 14.9. The minimum Gasteiger partial charge on any atom is -0.495 e. The van der Waals surface area contributed by atoms with Crippen LogP contribution in [0.15, 0.2) is 30.5 Å². The van der Waals surface area contributed by atoms with Crippen molar-refractivity contribution < 1.29 is 19.1 Å². The van der Waals surface area contributed by atoms with E-state index in [9.17, 15) is 9.59 Å². The quantitative estimate of drug-likeness (QED) is 0.800.